The third-order valence-electron chi connectivity index (χ3n) is 2.63. The molecule has 0 fully saturated rings. The molecule has 19 heavy (non-hydrogen) atoms. The van der Waals surface area contributed by atoms with E-state index >= 15 is 0 Å². The number of carbonyl (C=O) groups excluding carboxylic acids is 1. The summed E-state index contributed by atoms with van der Waals surface area (Å²) >= 11 is 0. The molecular weight excluding hydrogens is 240 g/mol. The van der Waals surface area contributed by atoms with Gasteiger partial charge in [0.25, 0.3) is 5.91 Å². The predicted octanol–water partition coefficient (Wildman–Crippen LogP) is 2.55. The SMILES string of the molecule is C/C(=N\NC(=O)c1cccc(O)c1)c1ccccc1. The van der Waals surface area contributed by atoms with Crippen molar-refractivity contribution in [2.24, 2.45) is 5.10 Å². The first-order valence-electron chi connectivity index (χ1n) is 5.86. The van der Waals surface area contributed by atoms with Crippen LogP contribution in [0.25, 0.3) is 0 Å². The van der Waals surface area contributed by atoms with Gasteiger partial charge in [0.05, 0.1) is 5.71 Å². The molecule has 0 aromatic heterocycles. The summed E-state index contributed by atoms with van der Waals surface area (Å²) in [7, 11) is 0. The molecule has 2 aromatic rings. The van der Waals surface area contributed by atoms with Crippen molar-refractivity contribution in [1.82, 2.24) is 5.43 Å². The topological polar surface area (TPSA) is 61.7 Å². The Labute approximate surface area is 111 Å². The summed E-state index contributed by atoms with van der Waals surface area (Å²) in [6.07, 6.45) is 0. The first-order chi connectivity index (χ1) is 9.16. The van der Waals surface area contributed by atoms with Gasteiger partial charge in [0.2, 0.25) is 0 Å². The molecule has 0 aliphatic carbocycles. The van der Waals surface area contributed by atoms with Gasteiger partial charge < -0.3 is 5.11 Å². The van der Waals surface area contributed by atoms with Crippen molar-refractivity contribution in [2.45, 2.75) is 6.92 Å². The number of hydrogen-bond donors (Lipinski definition) is 2. The summed E-state index contributed by atoms with van der Waals surface area (Å²) in [5.74, 6) is -0.303. The number of nitrogens with one attached hydrogen (secondary N) is 1. The van der Waals surface area contributed by atoms with Crippen LogP contribution in [0.5, 0.6) is 5.75 Å². The fraction of sp³-hybridized carbons (Fsp3) is 0.0667. The van der Waals surface area contributed by atoms with Gasteiger partial charge in [0, 0.05) is 5.56 Å². The van der Waals surface area contributed by atoms with Gasteiger partial charge >= 0.3 is 0 Å². The molecule has 0 bridgehead atoms. The molecule has 0 aliphatic heterocycles. The third kappa shape index (κ3) is 3.42. The van der Waals surface area contributed by atoms with Gasteiger partial charge in [-0.15, -0.1) is 0 Å². The lowest BCUT2D eigenvalue weighted by Crippen LogP contribution is -2.19. The van der Waals surface area contributed by atoms with Crippen LogP contribution in [-0.2, 0) is 0 Å². The number of phenols is 1. The summed E-state index contributed by atoms with van der Waals surface area (Å²) in [5.41, 5.74) is 4.49. The van der Waals surface area contributed by atoms with Gasteiger partial charge in [-0.05, 0) is 30.7 Å². The molecular formula is C15H14N2O2. The summed E-state index contributed by atoms with van der Waals surface area (Å²) in [6, 6.07) is 15.7. The van der Waals surface area contributed by atoms with Crippen LogP contribution < -0.4 is 5.43 Å². The maximum atomic E-state index is 11.8. The average Bonchev–Trinajstić information content (AvgIpc) is 2.45. The lowest BCUT2D eigenvalue weighted by molar-refractivity contribution is 0.0954. The number of rotatable bonds is 3. The molecule has 0 saturated carbocycles. The van der Waals surface area contributed by atoms with E-state index in [-0.39, 0.29) is 11.7 Å². The van der Waals surface area contributed by atoms with Crippen LogP contribution in [0.3, 0.4) is 0 Å². The van der Waals surface area contributed by atoms with Crippen molar-refractivity contribution in [2.75, 3.05) is 0 Å². The zero-order valence-corrected chi connectivity index (χ0v) is 10.5. The van der Waals surface area contributed by atoms with E-state index in [1.54, 1.807) is 12.1 Å². The quantitative estimate of drug-likeness (QED) is 0.653. The van der Waals surface area contributed by atoms with Gasteiger partial charge in [-0.2, -0.15) is 5.10 Å². The van der Waals surface area contributed by atoms with Gasteiger partial charge in [-0.3, -0.25) is 4.79 Å². The van der Waals surface area contributed by atoms with Gasteiger partial charge in [-0.1, -0.05) is 36.4 Å². The third-order valence-corrected chi connectivity index (χ3v) is 2.63. The smallest absolute Gasteiger partial charge is 0.271 e. The Balaban J connectivity index is 2.08. The number of hydrogen-bond acceptors (Lipinski definition) is 3. The number of benzene rings is 2. The van der Waals surface area contributed by atoms with Crippen LogP contribution in [0.15, 0.2) is 59.7 Å². The fourth-order valence-corrected chi connectivity index (χ4v) is 1.59. The first-order valence-corrected chi connectivity index (χ1v) is 5.86. The highest BCUT2D eigenvalue weighted by atomic mass is 16.3. The molecule has 0 spiro atoms. The molecule has 0 heterocycles. The predicted molar refractivity (Wildman–Crippen MR) is 74.2 cm³/mol. The Morgan fingerprint density at radius 3 is 2.42 bits per heavy atom. The summed E-state index contributed by atoms with van der Waals surface area (Å²) < 4.78 is 0. The van der Waals surface area contributed by atoms with E-state index in [4.69, 9.17) is 0 Å². The monoisotopic (exact) mass is 254 g/mol. The molecule has 96 valence electrons. The van der Waals surface area contributed by atoms with Gasteiger partial charge in [-0.25, -0.2) is 5.43 Å². The molecule has 2 N–H and O–H groups in total. The zero-order valence-electron chi connectivity index (χ0n) is 10.5. The number of nitrogens with zero attached hydrogens (tertiary/aromatic N) is 1. The number of carbonyl (C=O) groups is 1. The van der Waals surface area contributed by atoms with Crippen LogP contribution in [0.2, 0.25) is 0 Å². The molecule has 1 amide bonds. The van der Waals surface area contributed by atoms with Crippen molar-refractivity contribution >= 4 is 11.6 Å². The molecule has 2 rings (SSSR count). The molecule has 0 saturated heterocycles. The van der Waals surface area contributed by atoms with E-state index in [9.17, 15) is 9.90 Å². The first kappa shape index (κ1) is 12.8. The van der Waals surface area contributed by atoms with E-state index in [0.29, 0.717) is 11.3 Å². The Kier molecular flexibility index (Phi) is 3.93. The minimum absolute atomic E-state index is 0.0522. The highest BCUT2D eigenvalue weighted by Crippen LogP contribution is 2.10. The minimum atomic E-state index is -0.355. The maximum absolute atomic E-state index is 11.8. The van der Waals surface area contributed by atoms with Gasteiger partial charge in [0.15, 0.2) is 0 Å². The Hall–Kier alpha value is -2.62. The van der Waals surface area contributed by atoms with Crippen LogP contribution in [0.4, 0.5) is 0 Å². The molecule has 0 unspecified atom stereocenters. The van der Waals surface area contributed by atoms with Gasteiger partial charge in [0.1, 0.15) is 5.75 Å². The van der Waals surface area contributed by atoms with Crippen molar-refractivity contribution in [3.63, 3.8) is 0 Å². The fourth-order valence-electron chi connectivity index (χ4n) is 1.59. The highest BCUT2D eigenvalue weighted by molar-refractivity contribution is 6.00. The van der Waals surface area contributed by atoms with Crippen LogP contribution >= 0.6 is 0 Å². The van der Waals surface area contributed by atoms with Crippen molar-refractivity contribution in [3.05, 3.63) is 65.7 Å². The van der Waals surface area contributed by atoms with Crippen LogP contribution in [0, 0.1) is 0 Å². The second-order valence-electron chi connectivity index (χ2n) is 4.05. The maximum Gasteiger partial charge on any atom is 0.271 e. The lowest BCUT2D eigenvalue weighted by atomic mass is 10.1. The second-order valence-corrected chi connectivity index (χ2v) is 4.05. The molecule has 0 radical (unpaired) electrons. The molecule has 2 aromatic carbocycles. The second kappa shape index (κ2) is 5.82. The largest absolute Gasteiger partial charge is 0.508 e. The average molecular weight is 254 g/mol. The van der Waals surface area contributed by atoms with E-state index in [1.807, 2.05) is 37.3 Å². The number of phenolic OH excluding ortho intramolecular Hbond substituents is 1. The van der Waals surface area contributed by atoms with Crippen molar-refractivity contribution < 1.29 is 9.90 Å². The number of amides is 1. The normalized spacial score (nSPS) is 11.1. The van der Waals surface area contributed by atoms with Crippen molar-refractivity contribution in [3.8, 4) is 5.75 Å². The highest BCUT2D eigenvalue weighted by Gasteiger charge is 2.05. The standard InChI is InChI=1S/C15H14N2O2/c1-11(12-6-3-2-4-7-12)16-17-15(19)13-8-5-9-14(18)10-13/h2-10,18H,1H3,(H,17,19)/b16-11+. The summed E-state index contributed by atoms with van der Waals surface area (Å²) in [5, 5.41) is 13.3. The Morgan fingerprint density at radius 1 is 1.05 bits per heavy atom. The molecule has 0 aliphatic rings. The van der Waals surface area contributed by atoms with E-state index in [0.717, 1.165) is 5.56 Å². The molecule has 0 atom stereocenters. The Bertz CT molecular complexity index is 607. The van der Waals surface area contributed by atoms with E-state index in [2.05, 4.69) is 10.5 Å². The van der Waals surface area contributed by atoms with Crippen molar-refractivity contribution in [1.29, 1.82) is 0 Å². The Morgan fingerprint density at radius 2 is 1.74 bits per heavy atom. The number of hydrazone groups is 1. The van der Waals surface area contributed by atoms with E-state index in [1.165, 1.54) is 12.1 Å². The van der Waals surface area contributed by atoms with Crippen LogP contribution in [-0.4, -0.2) is 16.7 Å². The minimum Gasteiger partial charge on any atom is -0.508 e. The van der Waals surface area contributed by atoms with E-state index < -0.39 is 0 Å². The zero-order chi connectivity index (χ0) is 13.7. The van der Waals surface area contributed by atoms with Crippen LogP contribution in [0.1, 0.15) is 22.8 Å². The summed E-state index contributed by atoms with van der Waals surface area (Å²) in [6.45, 7) is 1.82. The lowest BCUT2D eigenvalue weighted by Gasteiger charge is -2.03. The number of aromatic hydroxyl groups is 1. The molecule has 4 heteroatoms. The summed E-state index contributed by atoms with van der Waals surface area (Å²) in [4.78, 5) is 11.8. The molecule has 4 nitrogen and oxygen atoms in total.